The van der Waals surface area contributed by atoms with Crippen LogP contribution in [0.2, 0.25) is 0 Å². The van der Waals surface area contributed by atoms with E-state index in [9.17, 15) is 24.6 Å². The third-order valence-electron chi connectivity index (χ3n) is 4.31. The monoisotopic (exact) mass is 446 g/mol. The number of hydrogen-bond donors (Lipinski definition) is 2. The Morgan fingerprint density at radius 1 is 0.812 bits per heavy atom. The van der Waals surface area contributed by atoms with Crippen LogP contribution in [0.1, 0.15) is 42.1 Å². The van der Waals surface area contributed by atoms with Gasteiger partial charge >= 0.3 is 11.9 Å². The van der Waals surface area contributed by atoms with Gasteiger partial charge in [-0.15, -0.1) is 0 Å². The van der Waals surface area contributed by atoms with Crippen molar-refractivity contribution >= 4 is 17.7 Å². The number of ether oxygens (including phenoxy) is 4. The molecule has 0 saturated carbocycles. The van der Waals surface area contributed by atoms with E-state index >= 15 is 0 Å². The molecular weight excluding hydrogens is 420 g/mol. The number of phenols is 2. The second kappa shape index (κ2) is 12.2. The fraction of sp³-hybridized carbons (Fsp3) is 0.348. The smallest absolute Gasteiger partial charge is 0.305 e. The minimum atomic E-state index is -0.571. The fourth-order valence-corrected chi connectivity index (χ4v) is 2.71. The molecule has 2 N–H and O–H groups in total. The molecule has 32 heavy (non-hydrogen) atoms. The number of methoxy groups -OCH3 is 1. The van der Waals surface area contributed by atoms with Gasteiger partial charge in [0.25, 0.3) is 0 Å². The van der Waals surface area contributed by atoms with E-state index in [1.165, 1.54) is 50.4 Å². The van der Waals surface area contributed by atoms with Gasteiger partial charge in [0.05, 0.1) is 38.1 Å². The molecule has 0 atom stereocenters. The summed E-state index contributed by atoms with van der Waals surface area (Å²) in [5.41, 5.74) is -0.00318. The Balaban J connectivity index is 1.95. The van der Waals surface area contributed by atoms with Gasteiger partial charge in [-0.05, 0) is 30.7 Å². The second-order valence-electron chi connectivity index (χ2n) is 6.76. The fourth-order valence-electron chi connectivity index (χ4n) is 2.71. The number of esters is 2. The average molecular weight is 446 g/mol. The molecule has 0 aliphatic heterocycles. The van der Waals surface area contributed by atoms with Gasteiger partial charge in [-0.1, -0.05) is 0 Å². The number of benzene rings is 2. The van der Waals surface area contributed by atoms with Crippen LogP contribution in [0.3, 0.4) is 0 Å². The average Bonchev–Trinajstić information content (AvgIpc) is 2.76. The molecule has 0 aliphatic carbocycles. The highest BCUT2D eigenvalue weighted by molar-refractivity contribution is 6.12. The highest BCUT2D eigenvalue weighted by Crippen LogP contribution is 2.30. The molecule has 0 amide bonds. The summed E-state index contributed by atoms with van der Waals surface area (Å²) in [4.78, 5) is 34.5. The third-order valence-corrected chi connectivity index (χ3v) is 4.31. The van der Waals surface area contributed by atoms with Crippen LogP contribution < -0.4 is 9.47 Å². The maximum atomic E-state index is 12.7. The van der Waals surface area contributed by atoms with Crippen molar-refractivity contribution in [1.82, 2.24) is 0 Å². The molecule has 2 aromatic rings. The molecule has 0 unspecified atom stereocenters. The van der Waals surface area contributed by atoms with Crippen LogP contribution in [0.5, 0.6) is 23.0 Å². The molecule has 0 radical (unpaired) electrons. The molecular formula is C23H26O9. The first-order chi connectivity index (χ1) is 15.3. The zero-order valence-electron chi connectivity index (χ0n) is 18.0. The first-order valence-electron chi connectivity index (χ1n) is 9.98. The molecule has 0 fully saturated rings. The summed E-state index contributed by atoms with van der Waals surface area (Å²) in [5, 5.41) is 20.5. The summed E-state index contributed by atoms with van der Waals surface area (Å²) in [7, 11) is 1.31. The minimum absolute atomic E-state index is 0.000639. The molecule has 2 aromatic carbocycles. The first kappa shape index (κ1) is 24.5. The van der Waals surface area contributed by atoms with Crippen molar-refractivity contribution < 1.29 is 43.5 Å². The maximum Gasteiger partial charge on any atom is 0.305 e. The van der Waals surface area contributed by atoms with Crippen molar-refractivity contribution in [2.45, 2.75) is 26.2 Å². The molecule has 0 bridgehead atoms. The van der Waals surface area contributed by atoms with E-state index in [0.717, 1.165) is 0 Å². The van der Waals surface area contributed by atoms with Gasteiger partial charge in [-0.3, -0.25) is 14.4 Å². The predicted molar refractivity (Wildman–Crippen MR) is 113 cm³/mol. The van der Waals surface area contributed by atoms with Gasteiger partial charge in [0.1, 0.15) is 23.0 Å². The summed E-state index contributed by atoms with van der Waals surface area (Å²) in [5.74, 6) is -1.19. The van der Waals surface area contributed by atoms with Gasteiger partial charge < -0.3 is 29.2 Å². The van der Waals surface area contributed by atoms with Gasteiger partial charge in [-0.25, -0.2) is 0 Å². The molecule has 172 valence electrons. The van der Waals surface area contributed by atoms with Gasteiger partial charge in [0, 0.05) is 31.9 Å². The maximum absolute atomic E-state index is 12.7. The standard InChI is InChI=1S/C23H26O9/c1-15(24)30-11-4-12-32-17-7-9-19(21(26)14-17)23(28)18-8-6-16(13-20(18)25)31-10-3-5-22(27)29-2/h6-9,13-14,25-26H,3-5,10-12H2,1-2H3. The molecule has 0 heterocycles. The van der Waals surface area contributed by atoms with Crippen molar-refractivity contribution in [3.63, 3.8) is 0 Å². The van der Waals surface area contributed by atoms with E-state index in [2.05, 4.69) is 4.74 Å². The molecule has 0 saturated heterocycles. The highest BCUT2D eigenvalue weighted by Gasteiger charge is 2.18. The van der Waals surface area contributed by atoms with E-state index in [0.29, 0.717) is 24.3 Å². The number of aromatic hydroxyl groups is 2. The topological polar surface area (TPSA) is 129 Å². The van der Waals surface area contributed by atoms with Crippen LogP contribution in [0.25, 0.3) is 0 Å². The Bertz CT molecular complexity index is 952. The van der Waals surface area contributed by atoms with Gasteiger partial charge in [0.2, 0.25) is 0 Å². The molecule has 9 heteroatoms. The van der Waals surface area contributed by atoms with E-state index in [1.54, 1.807) is 0 Å². The number of carbonyl (C=O) groups excluding carboxylic acids is 3. The molecule has 0 spiro atoms. The predicted octanol–water partition coefficient (Wildman–Crippen LogP) is 2.99. The molecule has 0 aliphatic rings. The Hall–Kier alpha value is -3.75. The quantitative estimate of drug-likeness (QED) is 0.287. The van der Waals surface area contributed by atoms with E-state index < -0.39 is 5.78 Å². The minimum Gasteiger partial charge on any atom is -0.507 e. The lowest BCUT2D eigenvalue weighted by atomic mass is 10.0. The van der Waals surface area contributed by atoms with Gasteiger partial charge in [0.15, 0.2) is 5.78 Å². The van der Waals surface area contributed by atoms with Crippen LogP contribution in [0, 0.1) is 0 Å². The number of ketones is 1. The summed E-state index contributed by atoms with van der Waals surface area (Å²) in [6.07, 6.45) is 1.14. The SMILES string of the molecule is COC(=O)CCCOc1ccc(C(=O)c2ccc(OCCCOC(C)=O)cc2O)c(O)c1. The van der Waals surface area contributed by atoms with Crippen LogP contribution in [-0.4, -0.2) is 54.9 Å². The molecule has 9 nitrogen and oxygen atoms in total. The Morgan fingerprint density at radius 2 is 1.34 bits per heavy atom. The largest absolute Gasteiger partial charge is 0.507 e. The van der Waals surface area contributed by atoms with Crippen molar-refractivity contribution in [2.75, 3.05) is 26.9 Å². The van der Waals surface area contributed by atoms with Crippen LogP contribution >= 0.6 is 0 Å². The van der Waals surface area contributed by atoms with E-state index in [4.69, 9.17) is 14.2 Å². The van der Waals surface area contributed by atoms with Crippen molar-refractivity contribution in [2.24, 2.45) is 0 Å². The third kappa shape index (κ3) is 7.50. The number of hydrogen-bond acceptors (Lipinski definition) is 9. The van der Waals surface area contributed by atoms with Gasteiger partial charge in [-0.2, -0.15) is 0 Å². The van der Waals surface area contributed by atoms with E-state index in [-0.39, 0.29) is 60.8 Å². The lowest BCUT2D eigenvalue weighted by Gasteiger charge is -2.11. The number of rotatable bonds is 12. The van der Waals surface area contributed by atoms with Crippen molar-refractivity contribution in [3.8, 4) is 23.0 Å². The van der Waals surface area contributed by atoms with Crippen LogP contribution in [-0.2, 0) is 19.1 Å². The van der Waals surface area contributed by atoms with Crippen LogP contribution in [0.15, 0.2) is 36.4 Å². The molecule has 0 aromatic heterocycles. The summed E-state index contributed by atoms with van der Waals surface area (Å²) in [6.45, 7) is 2.05. The zero-order valence-corrected chi connectivity index (χ0v) is 18.0. The summed E-state index contributed by atoms with van der Waals surface area (Å²) in [6, 6.07) is 8.43. The second-order valence-corrected chi connectivity index (χ2v) is 6.76. The Morgan fingerprint density at radius 3 is 1.81 bits per heavy atom. The molecule has 2 rings (SSSR count). The number of phenolic OH excluding ortho intramolecular Hbond substituents is 2. The van der Waals surface area contributed by atoms with Crippen molar-refractivity contribution in [3.05, 3.63) is 47.5 Å². The highest BCUT2D eigenvalue weighted by atomic mass is 16.5. The van der Waals surface area contributed by atoms with Crippen molar-refractivity contribution in [1.29, 1.82) is 0 Å². The van der Waals surface area contributed by atoms with E-state index in [1.807, 2.05) is 0 Å². The summed E-state index contributed by atoms with van der Waals surface area (Å²) >= 11 is 0. The normalized spacial score (nSPS) is 10.3. The summed E-state index contributed by atoms with van der Waals surface area (Å²) < 4.78 is 20.3. The zero-order chi connectivity index (χ0) is 23.5. The number of carbonyl (C=O) groups is 3. The Labute approximate surface area is 185 Å². The lowest BCUT2D eigenvalue weighted by Crippen LogP contribution is -2.07. The lowest BCUT2D eigenvalue weighted by molar-refractivity contribution is -0.141. The first-order valence-corrected chi connectivity index (χ1v) is 9.98. The Kier molecular flexibility index (Phi) is 9.34. The van der Waals surface area contributed by atoms with Crippen LogP contribution in [0.4, 0.5) is 0 Å².